The van der Waals surface area contributed by atoms with Crippen LogP contribution in [0.1, 0.15) is 25.7 Å². The van der Waals surface area contributed by atoms with E-state index in [1.165, 1.54) is 12.8 Å². The van der Waals surface area contributed by atoms with Crippen LogP contribution in [0.3, 0.4) is 0 Å². The van der Waals surface area contributed by atoms with Crippen LogP contribution in [0.4, 0.5) is 0 Å². The Hall–Kier alpha value is -1.05. The van der Waals surface area contributed by atoms with Crippen molar-refractivity contribution in [1.29, 1.82) is 0 Å². The van der Waals surface area contributed by atoms with Crippen molar-refractivity contribution in [2.75, 3.05) is 32.8 Å². The number of nitrogens with zero attached hydrogens (tertiary/aromatic N) is 1. The molecule has 1 saturated carbocycles. The third kappa shape index (κ3) is 2.85. The second-order valence-electron chi connectivity index (χ2n) is 5.43. The Balaban J connectivity index is 2.06. The van der Waals surface area contributed by atoms with Gasteiger partial charge in [0.25, 0.3) is 0 Å². The zero-order valence-corrected chi connectivity index (χ0v) is 10.9. The number of ether oxygens (including phenoxy) is 1. The van der Waals surface area contributed by atoms with Crippen molar-refractivity contribution in [3.05, 3.63) is 0 Å². The molecular formula is C14H22N2O2. The average molecular weight is 250 g/mol. The monoisotopic (exact) mass is 250 g/mol. The normalized spacial score (nSPS) is 22.2. The molecule has 0 radical (unpaired) electrons. The number of carbonyl (C=O) groups is 1. The van der Waals surface area contributed by atoms with Gasteiger partial charge in [0.05, 0.1) is 12.0 Å². The van der Waals surface area contributed by atoms with E-state index in [2.05, 4.69) is 5.92 Å². The van der Waals surface area contributed by atoms with Crippen LogP contribution in [-0.4, -0.2) is 43.7 Å². The molecule has 1 saturated heterocycles. The zero-order valence-electron chi connectivity index (χ0n) is 10.9. The minimum atomic E-state index is -0.440. The van der Waals surface area contributed by atoms with Gasteiger partial charge in [-0.05, 0) is 31.6 Å². The zero-order chi connectivity index (χ0) is 13.0. The molecule has 0 atom stereocenters. The molecule has 2 fully saturated rings. The molecule has 4 nitrogen and oxygen atoms in total. The van der Waals surface area contributed by atoms with Crippen LogP contribution in [0.2, 0.25) is 0 Å². The molecule has 1 aliphatic carbocycles. The Bertz CT molecular complexity index is 338. The first kappa shape index (κ1) is 13.4. The van der Waals surface area contributed by atoms with Gasteiger partial charge < -0.3 is 15.4 Å². The van der Waals surface area contributed by atoms with Gasteiger partial charge in [0.15, 0.2) is 0 Å². The minimum Gasteiger partial charge on any atom is -0.381 e. The van der Waals surface area contributed by atoms with Gasteiger partial charge in [0.1, 0.15) is 0 Å². The Labute approximate surface area is 109 Å². The number of rotatable bonds is 5. The summed E-state index contributed by atoms with van der Waals surface area (Å²) in [6, 6.07) is 0. The van der Waals surface area contributed by atoms with E-state index in [0.29, 0.717) is 45.1 Å². The Morgan fingerprint density at radius 2 is 2.11 bits per heavy atom. The van der Waals surface area contributed by atoms with E-state index in [-0.39, 0.29) is 5.91 Å². The summed E-state index contributed by atoms with van der Waals surface area (Å²) in [6.07, 6.45) is 9.24. The third-order valence-corrected chi connectivity index (χ3v) is 4.04. The molecule has 100 valence electrons. The maximum atomic E-state index is 12.7. The van der Waals surface area contributed by atoms with Gasteiger partial charge in [-0.15, -0.1) is 6.42 Å². The summed E-state index contributed by atoms with van der Waals surface area (Å²) in [5, 5.41) is 0. The summed E-state index contributed by atoms with van der Waals surface area (Å²) >= 11 is 0. The van der Waals surface area contributed by atoms with Crippen molar-refractivity contribution in [3.8, 4) is 12.3 Å². The quantitative estimate of drug-likeness (QED) is 0.728. The lowest BCUT2D eigenvalue weighted by atomic mass is 9.78. The number of hydrogen-bond donors (Lipinski definition) is 1. The molecular weight excluding hydrogens is 228 g/mol. The summed E-state index contributed by atoms with van der Waals surface area (Å²) in [5.41, 5.74) is 5.42. The molecule has 0 bridgehead atoms. The van der Waals surface area contributed by atoms with E-state index >= 15 is 0 Å². The molecule has 0 aromatic heterocycles. The van der Waals surface area contributed by atoms with Gasteiger partial charge in [-0.25, -0.2) is 0 Å². The van der Waals surface area contributed by atoms with E-state index in [1.54, 1.807) is 0 Å². The van der Waals surface area contributed by atoms with Crippen LogP contribution in [0.5, 0.6) is 0 Å². The lowest BCUT2D eigenvalue weighted by Gasteiger charge is -2.38. The third-order valence-electron chi connectivity index (χ3n) is 4.04. The highest BCUT2D eigenvalue weighted by molar-refractivity contribution is 5.83. The van der Waals surface area contributed by atoms with Gasteiger partial charge >= 0.3 is 0 Å². The molecule has 4 heteroatoms. The van der Waals surface area contributed by atoms with Crippen LogP contribution < -0.4 is 5.73 Å². The maximum Gasteiger partial charge on any atom is 0.231 e. The molecule has 1 heterocycles. The standard InChI is InChI=1S/C14H22N2O2/c1-2-7-16(10-12-3-4-12)13(17)14(11-15)5-8-18-9-6-14/h1,12H,3-11,15H2. The fraction of sp³-hybridized carbons (Fsp3) is 0.786. The smallest absolute Gasteiger partial charge is 0.231 e. The summed E-state index contributed by atoms with van der Waals surface area (Å²) < 4.78 is 5.34. The van der Waals surface area contributed by atoms with Gasteiger partial charge in [-0.1, -0.05) is 5.92 Å². The Kier molecular flexibility index (Phi) is 4.26. The summed E-state index contributed by atoms with van der Waals surface area (Å²) in [6.45, 7) is 2.83. The van der Waals surface area contributed by atoms with E-state index in [4.69, 9.17) is 16.9 Å². The van der Waals surface area contributed by atoms with E-state index in [1.807, 2.05) is 4.90 Å². The van der Waals surface area contributed by atoms with Gasteiger partial charge in [-0.2, -0.15) is 0 Å². The fourth-order valence-corrected chi connectivity index (χ4v) is 2.54. The van der Waals surface area contributed by atoms with E-state index < -0.39 is 5.41 Å². The number of carbonyl (C=O) groups excluding carboxylic acids is 1. The van der Waals surface area contributed by atoms with Gasteiger partial charge in [0.2, 0.25) is 5.91 Å². The van der Waals surface area contributed by atoms with Crippen LogP contribution >= 0.6 is 0 Å². The number of hydrogen-bond acceptors (Lipinski definition) is 3. The average Bonchev–Trinajstić information content (AvgIpc) is 3.22. The predicted molar refractivity (Wildman–Crippen MR) is 69.7 cm³/mol. The van der Waals surface area contributed by atoms with Crippen molar-refractivity contribution in [3.63, 3.8) is 0 Å². The number of nitrogens with two attached hydrogens (primary N) is 1. The van der Waals surface area contributed by atoms with Crippen LogP contribution in [0.15, 0.2) is 0 Å². The molecule has 0 unspecified atom stereocenters. The lowest BCUT2D eigenvalue weighted by molar-refractivity contribution is -0.146. The highest BCUT2D eigenvalue weighted by atomic mass is 16.5. The molecule has 0 aromatic rings. The van der Waals surface area contributed by atoms with Gasteiger partial charge in [0, 0.05) is 26.3 Å². The molecule has 0 spiro atoms. The first-order chi connectivity index (χ1) is 8.72. The molecule has 1 amide bonds. The van der Waals surface area contributed by atoms with Crippen molar-refractivity contribution < 1.29 is 9.53 Å². The number of amides is 1. The highest BCUT2D eigenvalue weighted by Crippen LogP contribution is 2.34. The summed E-state index contributed by atoms with van der Waals surface area (Å²) in [7, 11) is 0. The van der Waals surface area contributed by atoms with E-state index in [9.17, 15) is 4.79 Å². The van der Waals surface area contributed by atoms with Gasteiger partial charge in [-0.3, -0.25) is 4.79 Å². The Morgan fingerprint density at radius 1 is 1.44 bits per heavy atom. The molecule has 0 aromatic carbocycles. The van der Waals surface area contributed by atoms with Crippen LogP contribution in [0, 0.1) is 23.7 Å². The van der Waals surface area contributed by atoms with Crippen molar-refractivity contribution >= 4 is 5.91 Å². The van der Waals surface area contributed by atoms with Crippen molar-refractivity contribution in [2.24, 2.45) is 17.1 Å². The van der Waals surface area contributed by atoms with Crippen molar-refractivity contribution in [1.82, 2.24) is 4.90 Å². The largest absolute Gasteiger partial charge is 0.381 e. The second kappa shape index (κ2) is 5.73. The SMILES string of the molecule is C#CCN(CC1CC1)C(=O)C1(CN)CCOCC1. The molecule has 2 rings (SSSR count). The number of terminal acetylenes is 1. The molecule has 18 heavy (non-hydrogen) atoms. The highest BCUT2D eigenvalue weighted by Gasteiger charge is 2.42. The first-order valence-corrected chi connectivity index (χ1v) is 6.72. The van der Waals surface area contributed by atoms with Crippen LogP contribution in [-0.2, 0) is 9.53 Å². The minimum absolute atomic E-state index is 0.137. The maximum absolute atomic E-state index is 12.7. The summed E-state index contributed by atoms with van der Waals surface area (Å²) in [4.78, 5) is 14.5. The molecule has 2 N–H and O–H groups in total. The van der Waals surface area contributed by atoms with Crippen molar-refractivity contribution in [2.45, 2.75) is 25.7 Å². The molecule has 2 aliphatic rings. The first-order valence-electron chi connectivity index (χ1n) is 6.72. The summed E-state index contributed by atoms with van der Waals surface area (Å²) in [5.74, 6) is 3.38. The second-order valence-corrected chi connectivity index (χ2v) is 5.43. The fourth-order valence-electron chi connectivity index (χ4n) is 2.54. The topological polar surface area (TPSA) is 55.6 Å². The molecule has 1 aliphatic heterocycles. The predicted octanol–water partition coefficient (Wildman–Crippen LogP) is 0.614. The van der Waals surface area contributed by atoms with E-state index in [0.717, 1.165) is 6.54 Å². The lowest BCUT2D eigenvalue weighted by Crippen LogP contribution is -2.51. The Morgan fingerprint density at radius 3 is 2.61 bits per heavy atom. The van der Waals surface area contributed by atoms with Crippen LogP contribution in [0.25, 0.3) is 0 Å².